The molecule has 162 valence electrons. The monoisotopic (exact) mass is 457 g/mol. The Kier molecular flexibility index (Phi) is 6.01. The quantitative estimate of drug-likeness (QED) is 0.501. The first kappa shape index (κ1) is 21.7. The number of aryl methyl sites for hydroxylation is 2. The third-order valence-corrected chi connectivity index (χ3v) is 7.66. The van der Waals surface area contributed by atoms with Gasteiger partial charge in [-0.1, -0.05) is 41.9 Å². The largest absolute Gasteiger partial charge is 0.339 e. The van der Waals surface area contributed by atoms with Gasteiger partial charge in [-0.15, -0.1) is 0 Å². The van der Waals surface area contributed by atoms with Crippen LogP contribution < -0.4 is 0 Å². The molecule has 6 nitrogen and oxygen atoms in total. The highest BCUT2D eigenvalue weighted by Crippen LogP contribution is 2.38. The SMILES string of the molecule is Cc1cc(Cl)cc(C(=O)CC(c2ccccc2)C2CN(S(=O)(=O)c3cn(C)cn3)C2)c1. The van der Waals surface area contributed by atoms with Crippen molar-refractivity contribution in [3.8, 4) is 0 Å². The maximum absolute atomic E-state index is 13.1. The molecule has 31 heavy (non-hydrogen) atoms. The van der Waals surface area contributed by atoms with Crippen molar-refractivity contribution < 1.29 is 13.2 Å². The molecule has 0 aliphatic carbocycles. The topological polar surface area (TPSA) is 72.3 Å². The first-order chi connectivity index (χ1) is 14.7. The van der Waals surface area contributed by atoms with Gasteiger partial charge in [0.1, 0.15) is 0 Å². The number of ketones is 1. The molecule has 1 saturated heterocycles. The Bertz CT molecular complexity index is 1180. The van der Waals surface area contributed by atoms with E-state index in [1.807, 2.05) is 49.4 Å². The molecule has 1 aromatic heterocycles. The molecule has 0 amide bonds. The molecule has 1 unspecified atom stereocenters. The van der Waals surface area contributed by atoms with Crippen LogP contribution in [0.15, 0.2) is 66.1 Å². The molecule has 0 radical (unpaired) electrons. The fourth-order valence-corrected chi connectivity index (χ4v) is 5.86. The van der Waals surface area contributed by atoms with Gasteiger partial charge in [-0.05, 0) is 48.1 Å². The Labute approximate surface area is 187 Å². The maximum atomic E-state index is 13.1. The standard InChI is InChI=1S/C23H24ClN3O3S/c1-16-8-18(10-20(24)9-16)22(28)11-21(17-6-4-3-5-7-17)19-12-27(13-19)31(29,30)23-14-26(2)15-25-23/h3-10,14-15,19,21H,11-13H2,1-2H3. The summed E-state index contributed by atoms with van der Waals surface area (Å²) in [7, 11) is -1.89. The number of imidazole rings is 1. The first-order valence-corrected chi connectivity index (χ1v) is 11.9. The third-order valence-electron chi connectivity index (χ3n) is 5.73. The summed E-state index contributed by atoms with van der Waals surface area (Å²) < 4.78 is 28.7. The van der Waals surface area contributed by atoms with E-state index in [0.717, 1.165) is 11.1 Å². The first-order valence-electron chi connectivity index (χ1n) is 10.1. The van der Waals surface area contributed by atoms with Gasteiger partial charge < -0.3 is 4.57 Å². The second-order valence-electron chi connectivity index (χ2n) is 8.12. The number of nitrogens with zero attached hydrogens (tertiary/aromatic N) is 3. The Morgan fingerprint density at radius 3 is 2.52 bits per heavy atom. The zero-order valence-electron chi connectivity index (χ0n) is 17.4. The summed E-state index contributed by atoms with van der Waals surface area (Å²) >= 11 is 6.14. The average Bonchev–Trinajstić information content (AvgIpc) is 3.13. The Balaban J connectivity index is 1.54. The van der Waals surface area contributed by atoms with Gasteiger partial charge in [-0.25, -0.2) is 13.4 Å². The number of sulfonamides is 1. The molecule has 0 spiro atoms. The molecule has 1 aliphatic heterocycles. The molecule has 4 rings (SSSR count). The van der Waals surface area contributed by atoms with E-state index in [2.05, 4.69) is 4.98 Å². The minimum Gasteiger partial charge on any atom is -0.339 e. The van der Waals surface area contributed by atoms with E-state index in [1.54, 1.807) is 17.7 Å². The normalized spacial score (nSPS) is 16.1. The van der Waals surface area contributed by atoms with Gasteiger partial charge in [0.2, 0.25) is 0 Å². The molecular formula is C23H24ClN3O3S. The molecule has 0 saturated carbocycles. The minimum atomic E-state index is -3.62. The van der Waals surface area contributed by atoms with Crippen LogP contribution in [0.25, 0.3) is 0 Å². The number of Topliss-reactive ketones (excluding diaryl/α,β-unsaturated/α-hetero) is 1. The number of halogens is 1. The van der Waals surface area contributed by atoms with E-state index in [-0.39, 0.29) is 22.6 Å². The van der Waals surface area contributed by atoms with Crippen molar-refractivity contribution in [1.29, 1.82) is 0 Å². The number of carbonyl (C=O) groups is 1. The zero-order chi connectivity index (χ0) is 22.2. The second-order valence-corrected chi connectivity index (χ2v) is 10.4. The number of aromatic nitrogens is 2. The number of benzene rings is 2. The Hall–Kier alpha value is -2.48. The van der Waals surface area contributed by atoms with Gasteiger partial charge >= 0.3 is 0 Å². The molecule has 1 aliphatic rings. The predicted octanol–water partition coefficient (Wildman–Crippen LogP) is 4.06. The van der Waals surface area contributed by atoms with Crippen LogP contribution in [-0.4, -0.2) is 41.1 Å². The average molecular weight is 458 g/mol. The van der Waals surface area contributed by atoms with Gasteiger partial charge in [-0.2, -0.15) is 4.31 Å². The van der Waals surface area contributed by atoms with Gasteiger partial charge in [0, 0.05) is 43.3 Å². The molecule has 0 N–H and O–H groups in total. The zero-order valence-corrected chi connectivity index (χ0v) is 19.0. The molecule has 2 aromatic carbocycles. The predicted molar refractivity (Wildman–Crippen MR) is 120 cm³/mol. The summed E-state index contributed by atoms with van der Waals surface area (Å²) in [6, 6.07) is 15.2. The highest BCUT2D eigenvalue weighted by Gasteiger charge is 2.42. The van der Waals surface area contributed by atoms with Gasteiger partial charge in [0.25, 0.3) is 10.0 Å². The van der Waals surface area contributed by atoms with E-state index in [9.17, 15) is 13.2 Å². The van der Waals surface area contributed by atoms with Crippen LogP contribution in [0.1, 0.15) is 33.8 Å². The highest BCUT2D eigenvalue weighted by atomic mass is 35.5. The molecule has 1 atom stereocenters. The van der Waals surface area contributed by atoms with E-state index in [4.69, 9.17) is 11.6 Å². The fourth-order valence-electron chi connectivity index (χ4n) is 4.05. The summed E-state index contributed by atoms with van der Waals surface area (Å²) in [6.07, 6.45) is 3.27. The summed E-state index contributed by atoms with van der Waals surface area (Å²) in [5.74, 6) is -0.0289. The van der Waals surface area contributed by atoms with Gasteiger partial charge in [-0.3, -0.25) is 4.79 Å². The summed E-state index contributed by atoms with van der Waals surface area (Å²) in [6.45, 7) is 2.63. The van der Waals surface area contributed by atoms with Crippen molar-refractivity contribution in [2.45, 2.75) is 24.3 Å². The Morgan fingerprint density at radius 2 is 1.90 bits per heavy atom. The smallest absolute Gasteiger partial charge is 0.262 e. The summed E-state index contributed by atoms with van der Waals surface area (Å²) in [5.41, 5.74) is 2.56. The minimum absolute atomic E-state index is 0.00508. The number of hydrogen-bond donors (Lipinski definition) is 0. The van der Waals surface area contributed by atoms with Gasteiger partial charge in [0.15, 0.2) is 10.8 Å². The van der Waals surface area contributed by atoms with Crippen molar-refractivity contribution in [3.63, 3.8) is 0 Å². The van der Waals surface area contributed by atoms with Crippen molar-refractivity contribution in [2.24, 2.45) is 13.0 Å². The van der Waals surface area contributed by atoms with Crippen LogP contribution in [0, 0.1) is 12.8 Å². The molecule has 3 aromatic rings. The molecular weight excluding hydrogens is 434 g/mol. The van der Waals surface area contributed by atoms with Crippen LogP contribution in [-0.2, 0) is 17.1 Å². The van der Waals surface area contributed by atoms with Crippen LogP contribution in [0.2, 0.25) is 5.02 Å². The lowest BCUT2D eigenvalue weighted by Crippen LogP contribution is -2.52. The van der Waals surface area contributed by atoms with Crippen molar-refractivity contribution in [2.75, 3.05) is 13.1 Å². The van der Waals surface area contributed by atoms with Gasteiger partial charge in [0.05, 0.1) is 6.33 Å². The van der Waals surface area contributed by atoms with E-state index in [1.165, 1.54) is 16.8 Å². The second kappa shape index (κ2) is 8.57. The summed E-state index contributed by atoms with van der Waals surface area (Å²) in [4.78, 5) is 17.1. The van der Waals surface area contributed by atoms with Crippen molar-refractivity contribution >= 4 is 27.4 Å². The molecule has 1 fully saturated rings. The van der Waals surface area contributed by atoms with Crippen molar-refractivity contribution in [3.05, 3.63) is 82.8 Å². The van der Waals surface area contributed by atoms with Crippen LogP contribution >= 0.6 is 11.6 Å². The van der Waals surface area contributed by atoms with Crippen LogP contribution in [0.5, 0.6) is 0 Å². The number of carbonyl (C=O) groups excluding carboxylic acids is 1. The lowest BCUT2D eigenvalue weighted by molar-refractivity contribution is 0.0931. The van der Waals surface area contributed by atoms with Crippen LogP contribution in [0.4, 0.5) is 0 Å². The lowest BCUT2D eigenvalue weighted by Gasteiger charge is -2.42. The van der Waals surface area contributed by atoms with Crippen LogP contribution in [0.3, 0.4) is 0 Å². The maximum Gasteiger partial charge on any atom is 0.262 e. The number of rotatable bonds is 7. The Morgan fingerprint density at radius 1 is 1.19 bits per heavy atom. The molecule has 0 bridgehead atoms. The fraction of sp³-hybridized carbons (Fsp3) is 0.304. The third kappa shape index (κ3) is 4.59. The van der Waals surface area contributed by atoms with E-state index >= 15 is 0 Å². The van der Waals surface area contributed by atoms with E-state index < -0.39 is 10.0 Å². The lowest BCUT2D eigenvalue weighted by atomic mass is 9.78. The molecule has 2 heterocycles. The van der Waals surface area contributed by atoms with E-state index in [0.29, 0.717) is 30.1 Å². The van der Waals surface area contributed by atoms with Crippen molar-refractivity contribution in [1.82, 2.24) is 13.9 Å². The highest BCUT2D eigenvalue weighted by molar-refractivity contribution is 7.89. The summed E-state index contributed by atoms with van der Waals surface area (Å²) in [5, 5.41) is 0.589. The number of hydrogen-bond acceptors (Lipinski definition) is 4. The molecule has 8 heteroatoms.